The lowest BCUT2D eigenvalue weighted by Gasteiger charge is -2.33. The Labute approximate surface area is 340 Å². The molecule has 7 rings (SSSR count). The largest absolute Gasteiger partial charge is 0.465 e. The molecule has 4 aromatic carbocycles. The molecule has 0 spiro atoms. The van der Waals surface area contributed by atoms with Crippen LogP contribution in [0.5, 0.6) is 0 Å². The summed E-state index contributed by atoms with van der Waals surface area (Å²) in [4.78, 5) is 59.8. The molecule has 0 saturated carbocycles. The van der Waals surface area contributed by atoms with Gasteiger partial charge in [0, 0.05) is 43.7 Å². The molecule has 2 atom stereocenters. The van der Waals surface area contributed by atoms with Gasteiger partial charge in [0.25, 0.3) is 11.8 Å². The number of nitrogens with one attached hydrogen (secondary N) is 4. The monoisotopic (exact) mass is 796 g/mol. The number of ether oxygens (including phenoxy) is 1. The van der Waals surface area contributed by atoms with Crippen LogP contribution in [-0.4, -0.2) is 35.8 Å². The zero-order valence-electron chi connectivity index (χ0n) is 32.2. The second-order valence-electron chi connectivity index (χ2n) is 15.1. The molecule has 4 N–H and O–H groups in total. The average Bonchev–Trinajstić information content (AvgIpc) is 3.80. The Kier molecular flexibility index (Phi) is 11.8. The summed E-state index contributed by atoms with van der Waals surface area (Å²) in [6.45, 7) is 6.73. The zero-order chi connectivity index (χ0) is 40.1. The highest BCUT2D eigenvalue weighted by atomic mass is 32.2. The third-order valence-corrected chi connectivity index (χ3v) is 12.7. The minimum Gasteiger partial charge on any atom is -0.465 e. The summed E-state index contributed by atoms with van der Waals surface area (Å²) < 4.78 is 5.22. The van der Waals surface area contributed by atoms with E-state index in [-0.39, 0.29) is 17.0 Å². The minimum atomic E-state index is -0.702. The molecule has 290 valence electrons. The van der Waals surface area contributed by atoms with Gasteiger partial charge in [-0.2, -0.15) is 0 Å². The first-order valence-corrected chi connectivity index (χ1v) is 20.5. The summed E-state index contributed by atoms with van der Waals surface area (Å²) in [7, 11) is 1.37. The molecule has 0 saturated heterocycles. The number of methoxy groups -OCH3 is 1. The number of esters is 1. The molecule has 6 aromatic rings. The number of hydrogen-bond acceptors (Lipinski definition) is 7. The van der Waals surface area contributed by atoms with Crippen molar-refractivity contribution in [1.82, 2.24) is 10.3 Å². The van der Waals surface area contributed by atoms with Gasteiger partial charge in [-0.3, -0.25) is 14.4 Å². The minimum absolute atomic E-state index is 0.0575. The van der Waals surface area contributed by atoms with Crippen LogP contribution in [0.2, 0.25) is 0 Å². The fourth-order valence-electron chi connectivity index (χ4n) is 7.10. The summed E-state index contributed by atoms with van der Waals surface area (Å²) in [6, 6.07) is 33.1. The highest BCUT2D eigenvalue weighted by molar-refractivity contribution is 8.00. The molecule has 0 bridgehead atoms. The number of amides is 3. The Morgan fingerprint density at radius 1 is 0.895 bits per heavy atom. The van der Waals surface area contributed by atoms with Crippen molar-refractivity contribution in [2.75, 3.05) is 17.7 Å². The molecule has 2 heterocycles. The Morgan fingerprint density at radius 2 is 1.61 bits per heavy atom. The van der Waals surface area contributed by atoms with Crippen molar-refractivity contribution in [3.8, 4) is 0 Å². The second-order valence-corrected chi connectivity index (χ2v) is 17.3. The smallest absolute Gasteiger partial charge is 0.341 e. The molecule has 1 aliphatic rings. The maximum atomic E-state index is 14.3. The van der Waals surface area contributed by atoms with E-state index in [1.165, 1.54) is 30.2 Å². The van der Waals surface area contributed by atoms with E-state index in [1.54, 1.807) is 54.7 Å². The van der Waals surface area contributed by atoms with Crippen LogP contribution in [0.3, 0.4) is 0 Å². The number of anilines is 2. The number of carbonyl (C=O) groups is 4. The fourth-order valence-corrected chi connectivity index (χ4v) is 9.50. The van der Waals surface area contributed by atoms with Gasteiger partial charge >= 0.3 is 5.97 Å². The first-order valence-electron chi connectivity index (χ1n) is 18.8. The molecule has 11 heteroatoms. The van der Waals surface area contributed by atoms with E-state index < -0.39 is 23.0 Å². The van der Waals surface area contributed by atoms with Crippen molar-refractivity contribution < 1.29 is 23.9 Å². The van der Waals surface area contributed by atoms with Gasteiger partial charge < -0.3 is 25.7 Å². The van der Waals surface area contributed by atoms with Crippen molar-refractivity contribution in [3.05, 3.63) is 154 Å². The Hall–Kier alpha value is -5.91. The van der Waals surface area contributed by atoms with E-state index in [2.05, 4.69) is 41.7 Å². The van der Waals surface area contributed by atoms with Gasteiger partial charge in [-0.05, 0) is 84.2 Å². The lowest BCUT2D eigenvalue weighted by Crippen LogP contribution is -2.30. The lowest BCUT2D eigenvalue weighted by molar-refractivity contribution is -0.116. The summed E-state index contributed by atoms with van der Waals surface area (Å²) >= 11 is 2.79. The Bertz CT molecular complexity index is 2470. The van der Waals surface area contributed by atoms with Gasteiger partial charge in [0.1, 0.15) is 15.9 Å². The number of thioether (sulfide) groups is 1. The quantitative estimate of drug-likeness (QED) is 0.0587. The average molecular weight is 797 g/mol. The molecule has 57 heavy (non-hydrogen) atoms. The van der Waals surface area contributed by atoms with E-state index in [1.807, 2.05) is 66.7 Å². The van der Waals surface area contributed by atoms with Crippen LogP contribution in [0.4, 0.5) is 10.7 Å². The number of benzene rings is 4. The first kappa shape index (κ1) is 39.3. The number of hydrogen-bond donors (Lipinski definition) is 4. The number of aromatic amines is 1. The molecule has 0 aliphatic heterocycles. The Morgan fingerprint density at radius 3 is 2.35 bits per heavy atom. The van der Waals surface area contributed by atoms with Gasteiger partial charge in [0.15, 0.2) is 0 Å². The highest BCUT2D eigenvalue weighted by Crippen LogP contribution is 2.45. The van der Waals surface area contributed by atoms with Gasteiger partial charge in [0.2, 0.25) is 5.91 Å². The number of aromatic nitrogens is 1. The van der Waals surface area contributed by atoms with Crippen LogP contribution in [0.25, 0.3) is 17.0 Å². The third-order valence-electron chi connectivity index (χ3n) is 10.3. The molecule has 0 radical (unpaired) electrons. The van der Waals surface area contributed by atoms with Gasteiger partial charge in [-0.15, -0.1) is 23.1 Å². The second kappa shape index (κ2) is 17.1. The summed E-state index contributed by atoms with van der Waals surface area (Å²) in [6.07, 6.45) is 5.99. The van der Waals surface area contributed by atoms with Crippen molar-refractivity contribution in [2.24, 2.45) is 11.3 Å². The number of carbonyl (C=O) groups excluding carboxylic acids is 4. The number of thiophene rings is 1. The summed E-state index contributed by atoms with van der Waals surface area (Å²) in [5, 5.41) is 9.59. The SMILES string of the molecule is COC(=O)c1c(NC(=O)C(Sc2cccc(NC(=O)/C(=C/c3c[nH]c4ccccc34)NC(=O)c3ccccc3)c2)c2ccccc2)sc2c1CCC(C(C)(C)C)C2. The zero-order valence-corrected chi connectivity index (χ0v) is 33.8. The molecular formula is C46H44N4O5S2. The standard InChI is InChI=1S/C46H44N4O5S2/c1-46(2,3)31-22-23-35-38(25-31)57-44(39(35)45(54)55-4)50-43(53)40(28-14-7-5-8-15-28)56-33-19-13-18-32(26-33)48-42(52)37(49-41(51)29-16-9-6-10-17-29)24-30-27-47-36-21-12-11-20-34(30)36/h5-21,24,26-27,31,40,47H,22-23,25H2,1-4H3,(H,48,52)(H,49,51)(H,50,53)/b37-24-. The molecule has 3 amide bonds. The predicted molar refractivity (Wildman–Crippen MR) is 230 cm³/mol. The lowest BCUT2D eigenvalue weighted by atomic mass is 9.72. The van der Waals surface area contributed by atoms with Crippen LogP contribution in [0.15, 0.2) is 126 Å². The predicted octanol–water partition coefficient (Wildman–Crippen LogP) is 10.0. The van der Waals surface area contributed by atoms with E-state index >= 15 is 0 Å². The van der Waals surface area contributed by atoms with Crippen LogP contribution in [-0.2, 0) is 27.2 Å². The molecule has 2 aromatic heterocycles. The normalized spacial score (nSPS) is 14.7. The van der Waals surface area contributed by atoms with Crippen LogP contribution < -0.4 is 16.0 Å². The fraction of sp³-hybridized carbons (Fsp3) is 0.217. The van der Waals surface area contributed by atoms with E-state index in [0.29, 0.717) is 27.7 Å². The molecule has 9 nitrogen and oxygen atoms in total. The van der Waals surface area contributed by atoms with E-state index in [9.17, 15) is 19.2 Å². The van der Waals surface area contributed by atoms with Crippen molar-refractivity contribution in [2.45, 2.75) is 50.2 Å². The number of rotatable bonds is 11. The van der Waals surface area contributed by atoms with Crippen LogP contribution in [0.1, 0.15) is 74.7 Å². The number of para-hydroxylation sites is 1. The van der Waals surface area contributed by atoms with Crippen molar-refractivity contribution >= 4 is 74.5 Å². The van der Waals surface area contributed by atoms with E-state index in [0.717, 1.165) is 56.6 Å². The molecule has 0 fully saturated rings. The number of fused-ring (bicyclic) bond motifs is 2. The molecule has 1 aliphatic carbocycles. The maximum absolute atomic E-state index is 14.3. The molecule has 2 unspecified atom stereocenters. The van der Waals surface area contributed by atoms with Gasteiger partial charge in [-0.25, -0.2) is 4.79 Å². The van der Waals surface area contributed by atoms with Gasteiger partial charge in [0.05, 0.1) is 12.7 Å². The van der Waals surface area contributed by atoms with Crippen LogP contribution in [0, 0.1) is 11.3 Å². The van der Waals surface area contributed by atoms with Gasteiger partial charge in [-0.1, -0.05) is 93.6 Å². The topological polar surface area (TPSA) is 129 Å². The summed E-state index contributed by atoms with van der Waals surface area (Å²) in [5.41, 5.74) is 4.87. The molecular weight excluding hydrogens is 753 g/mol. The maximum Gasteiger partial charge on any atom is 0.341 e. The Balaban J connectivity index is 1.15. The van der Waals surface area contributed by atoms with Crippen molar-refractivity contribution in [3.63, 3.8) is 0 Å². The van der Waals surface area contributed by atoms with Crippen LogP contribution >= 0.6 is 23.1 Å². The first-order chi connectivity index (χ1) is 27.5. The third kappa shape index (κ3) is 9.06. The summed E-state index contributed by atoms with van der Waals surface area (Å²) in [5.74, 6) is -1.23. The van der Waals surface area contributed by atoms with E-state index in [4.69, 9.17) is 4.74 Å². The van der Waals surface area contributed by atoms with Crippen molar-refractivity contribution in [1.29, 1.82) is 0 Å². The highest BCUT2D eigenvalue weighted by Gasteiger charge is 2.35. The number of H-pyrrole nitrogens is 1.